The Hall–Kier alpha value is -0.770. The van der Waals surface area contributed by atoms with E-state index in [0.717, 1.165) is 0 Å². The van der Waals surface area contributed by atoms with Gasteiger partial charge in [-0.2, -0.15) is 0 Å². The number of rotatable bonds is 6. The van der Waals surface area contributed by atoms with Crippen LogP contribution in [0.4, 0.5) is 4.79 Å². The van der Waals surface area contributed by atoms with Crippen molar-refractivity contribution in [2.24, 2.45) is 10.7 Å². The van der Waals surface area contributed by atoms with Gasteiger partial charge in [0.1, 0.15) is 5.60 Å². The van der Waals surface area contributed by atoms with Gasteiger partial charge in [-0.05, 0) is 34.6 Å². The first-order valence-corrected chi connectivity index (χ1v) is 6.59. The van der Waals surface area contributed by atoms with Gasteiger partial charge in [0.05, 0.1) is 18.7 Å². The van der Waals surface area contributed by atoms with Crippen molar-refractivity contribution in [3.05, 3.63) is 0 Å². The van der Waals surface area contributed by atoms with Crippen molar-refractivity contribution in [1.29, 1.82) is 0 Å². The second kappa shape index (κ2) is 10.0. The van der Waals surface area contributed by atoms with Gasteiger partial charge < -0.3 is 25.8 Å². The Morgan fingerprint density at radius 2 is 1.81 bits per heavy atom. The number of nitrogens with zero attached hydrogens (tertiary/aromatic N) is 1. The minimum atomic E-state index is -0.546. The highest BCUT2D eigenvalue weighted by atomic mass is 127. The first-order valence-electron chi connectivity index (χ1n) is 6.59. The summed E-state index contributed by atoms with van der Waals surface area (Å²) in [7, 11) is 1.61. The minimum Gasteiger partial charge on any atom is -0.444 e. The van der Waals surface area contributed by atoms with Crippen LogP contribution in [-0.4, -0.2) is 50.0 Å². The van der Waals surface area contributed by atoms with E-state index in [1.165, 1.54) is 0 Å². The predicted molar refractivity (Wildman–Crippen MR) is 95.2 cm³/mol. The summed E-state index contributed by atoms with van der Waals surface area (Å²) >= 11 is 0. The maximum atomic E-state index is 11.7. The van der Waals surface area contributed by atoms with Crippen molar-refractivity contribution >= 4 is 36.0 Å². The van der Waals surface area contributed by atoms with Crippen LogP contribution in [0.3, 0.4) is 0 Å². The number of hydrogen-bond acceptors (Lipinski definition) is 4. The largest absolute Gasteiger partial charge is 0.444 e. The number of carbonyl (C=O) groups excluding carboxylic acids is 1. The van der Waals surface area contributed by atoms with Gasteiger partial charge in [0.25, 0.3) is 0 Å². The lowest BCUT2D eigenvalue weighted by molar-refractivity contribution is 0.0476. The zero-order valence-electron chi connectivity index (χ0n) is 13.8. The van der Waals surface area contributed by atoms with Crippen LogP contribution in [-0.2, 0) is 9.47 Å². The van der Waals surface area contributed by atoms with E-state index >= 15 is 0 Å². The molecule has 0 heterocycles. The molecule has 4 N–H and O–H groups in total. The summed E-state index contributed by atoms with van der Waals surface area (Å²) in [5.74, 6) is 0.320. The van der Waals surface area contributed by atoms with Gasteiger partial charge in [0.15, 0.2) is 5.96 Å². The van der Waals surface area contributed by atoms with Crippen LogP contribution >= 0.6 is 24.0 Å². The second-order valence-corrected chi connectivity index (χ2v) is 6.13. The van der Waals surface area contributed by atoms with Crippen molar-refractivity contribution < 1.29 is 14.3 Å². The maximum absolute atomic E-state index is 11.7. The molecule has 0 aromatic carbocycles. The summed E-state index contributed by atoms with van der Waals surface area (Å²) in [6, 6.07) is 0. The van der Waals surface area contributed by atoms with E-state index in [2.05, 4.69) is 15.6 Å². The van der Waals surface area contributed by atoms with Gasteiger partial charge in [-0.25, -0.2) is 4.79 Å². The third-order valence-corrected chi connectivity index (χ3v) is 2.10. The molecule has 0 atom stereocenters. The number of nitrogens with two attached hydrogens (primary N) is 1. The van der Waals surface area contributed by atoms with Crippen molar-refractivity contribution in [2.45, 2.75) is 45.8 Å². The highest BCUT2D eigenvalue weighted by Crippen LogP contribution is 2.09. The molecule has 0 bridgehead atoms. The SMILES string of the molecule is COCCNC(N)=NCC(C)(C)NC(=O)OC(C)(C)C.I. The Morgan fingerprint density at radius 3 is 2.29 bits per heavy atom. The van der Waals surface area contributed by atoms with Crippen molar-refractivity contribution in [3.63, 3.8) is 0 Å². The average molecular weight is 416 g/mol. The van der Waals surface area contributed by atoms with Crippen molar-refractivity contribution in [2.75, 3.05) is 26.8 Å². The summed E-state index contributed by atoms with van der Waals surface area (Å²) in [5.41, 5.74) is 4.62. The summed E-state index contributed by atoms with van der Waals surface area (Å²) in [5, 5.41) is 5.67. The van der Waals surface area contributed by atoms with Crippen molar-refractivity contribution in [3.8, 4) is 0 Å². The zero-order valence-corrected chi connectivity index (χ0v) is 16.1. The molecule has 0 saturated carbocycles. The lowest BCUT2D eigenvalue weighted by atomic mass is 10.1. The van der Waals surface area contributed by atoms with Gasteiger partial charge >= 0.3 is 6.09 Å². The number of carbonyl (C=O) groups is 1. The first-order chi connectivity index (χ1) is 9.06. The molecule has 8 heteroatoms. The molecule has 1 amide bonds. The second-order valence-electron chi connectivity index (χ2n) is 6.13. The fourth-order valence-electron chi connectivity index (χ4n) is 1.24. The zero-order chi connectivity index (χ0) is 15.8. The minimum absolute atomic E-state index is 0. The molecular weight excluding hydrogens is 387 g/mol. The molecule has 21 heavy (non-hydrogen) atoms. The van der Waals surface area contributed by atoms with Crippen LogP contribution in [0.15, 0.2) is 4.99 Å². The molecule has 0 aliphatic heterocycles. The predicted octanol–water partition coefficient (Wildman–Crippen LogP) is 1.46. The lowest BCUT2D eigenvalue weighted by Crippen LogP contribution is -2.48. The normalized spacial score (nSPS) is 12.4. The Kier molecular flexibility index (Phi) is 10.8. The van der Waals surface area contributed by atoms with Crippen molar-refractivity contribution in [1.82, 2.24) is 10.6 Å². The fourth-order valence-corrected chi connectivity index (χ4v) is 1.24. The van der Waals surface area contributed by atoms with Gasteiger partial charge in [-0.1, -0.05) is 0 Å². The highest BCUT2D eigenvalue weighted by Gasteiger charge is 2.24. The van der Waals surface area contributed by atoms with Gasteiger partial charge in [0, 0.05) is 13.7 Å². The molecule has 7 nitrogen and oxygen atoms in total. The number of nitrogens with one attached hydrogen (secondary N) is 2. The van der Waals surface area contributed by atoms with Crippen LogP contribution in [0.5, 0.6) is 0 Å². The third-order valence-electron chi connectivity index (χ3n) is 2.10. The van der Waals surface area contributed by atoms with E-state index in [1.807, 2.05) is 34.6 Å². The number of methoxy groups -OCH3 is 1. The van der Waals surface area contributed by atoms with Crippen LogP contribution in [0.25, 0.3) is 0 Å². The van der Waals surface area contributed by atoms with Crippen LogP contribution in [0, 0.1) is 0 Å². The number of hydrogen-bond donors (Lipinski definition) is 3. The van der Waals surface area contributed by atoms with E-state index in [-0.39, 0.29) is 24.0 Å². The molecule has 0 aliphatic rings. The molecule has 0 aromatic heterocycles. The quantitative estimate of drug-likeness (QED) is 0.264. The van der Waals surface area contributed by atoms with E-state index in [9.17, 15) is 4.79 Å². The summed E-state index contributed by atoms with van der Waals surface area (Å²) < 4.78 is 10.1. The fraction of sp³-hybridized carbons (Fsp3) is 0.846. The first kappa shape index (κ1) is 22.5. The van der Waals surface area contributed by atoms with E-state index in [0.29, 0.717) is 25.7 Å². The van der Waals surface area contributed by atoms with E-state index in [4.69, 9.17) is 15.2 Å². The molecular formula is C13H29IN4O3. The van der Waals surface area contributed by atoms with Crippen LogP contribution in [0.2, 0.25) is 0 Å². The van der Waals surface area contributed by atoms with E-state index in [1.54, 1.807) is 7.11 Å². The third kappa shape index (κ3) is 13.9. The Bertz CT molecular complexity index is 341. The molecule has 0 spiro atoms. The average Bonchev–Trinajstić information content (AvgIpc) is 2.23. The number of halogens is 1. The summed E-state index contributed by atoms with van der Waals surface area (Å²) in [6.45, 7) is 10.6. The topological polar surface area (TPSA) is 98.0 Å². The molecule has 0 unspecified atom stereocenters. The van der Waals surface area contributed by atoms with Gasteiger partial charge in [-0.15, -0.1) is 24.0 Å². The lowest BCUT2D eigenvalue weighted by Gasteiger charge is -2.27. The number of amides is 1. The van der Waals surface area contributed by atoms with E-state index < -0.39 is 17.2 Å². The molecule has 0 radical (unpaired) electrons. The number of alkyl carbamates (subject to hydrolysis) is 1. The molecule has 0 saturated heterocycles. The Morgan fingerprint density at radius 1 is 1.24 bits per heavy atom. The monoisotopic (exact) mass is 416 g/mol. The summed E-state index contributed by atoms with van der Waals surface area (Å²) in [4.78, 5) is 15.9. The summed E-state index contributed by atoms with van der Waals surface area (Å²) in [6.07, 6.45) is -0.469. The maximum Gasteiger partial charge on any atom is 0.408 e. The van der Waals surface area contributed by atoms with Gasteiger partial charge in [-0.3, -0.25) is 4.99 Å². The number of aliphatic imine (C=N–C) groups is 1. The van der Waals surface area contributed by atoms with Crippen LogP contribution < -0.4 is 16.4 Å². The molecule has 0 fully saturated rings. The molecule has 126 valence electrons. The molecule has 0 aliphatic carbocycles. The number of guanidine groups is 1. The van der Waals surface area contributed by atoms with Crippen LogP contribution in [0.1, 0.15) is 34.6 Å². The molecule has 0 rings (SSSR count). The smallest absolute Gasteiger partial charge is 0.408 e. The Balaban J connectivity index is 0. The highest BCUT2D eigenvalue weighted by molar-refractivity contribution is 14.0. The Labute approximate surface area is 144 Å². The number of ether oxygens (including phenoxy) is 2. The van der Waals surface area contributed by atoms with Gasteiger partial charge in [0.2, 0.25) is 0 Å². The molecule has 0 aromatic rings. The standard InChI is InChI=1S/C13H28N4O3.HI/c1-12(2,3)20-11(18)17-13(4,5)9-16-10(14)15-7-8-19-6;/h7-9H2,1-6H3,(H,17,18)(H3,14,15,16);1H.